The number of rotatable bonds is 9. The second-order valence-corrected chi connectivity index (χ2v) is 5.45. The van der Waals surface area contributed by atoms with Gasteiger partial charge in [0.05, 0.1) is 6.61 Å². The predicted molar refractivity (Wildman–Crippen MR) is 57.5 cm³/mol. The molecule has 0 rings (SSSR count). The Balaban J connectivity index is 0. The van der Waals surface area contributed by atoms with Crippen molar-refractivity contribution in [2.24, 2.45) is 0 Å². The van der Waals surface area contributed by atoms with Gasteiger partial charge in [-0.15, -0.1) is 0 Å². The van der Waals surface area contributed by atoms with Gasteiger partial charge in [0.25, 0.3) is 0 Å². The van der Waals surface area contributed by atoms with E-state index < -0.39 is 7.60 Å². The average Bonchev–Trinajstić information content (AvgIpc) is 2.11. The first-order valence-electron chi connectivity index (χ1n) is 5.57. The summed E-state index contributed by atoms with van der Waals surface area (Å²) >= 11 is 0. The summed E-state index contributed by atoms with van der Waals surface area (Å²) in [7, 11) is -3.50. The van der Waals surface area contributed by atoms with E-state index in [9.17, 15) is 9.46 Å². The van der Waals surface area contributed by atoms with Crippen molar-refractivity contribution in [3.63, 3.8) is 0 Å². The van der Waals surface area contributed by atoms with Crippen molar-refractivity contribution in [2.45, 2.75) is 52.4 Å². The van der Waals surface area contributed by atoms with Crippen molar-refractivity contribution in [1.29, 1.82) is 0 Å². The van der Waals surface area contributed by atoms with Crippen molar-refractivity contribution in [2.75, 3.05) is 12.8 Å². The van der Waals surface area contributed by atoms with Crippen LogP contribution in [0, 0.1) is 0 Å². The molecule has 0 radical (unpaired) electrons. The molecule has 0 saturated carbocycles. The van der Waals surface area contributed by atoms with Crippen LogP contribution in [0.5, 0.6) is 0 Å². The fraction of sp³-hybridized carbons (Fsp3) is 1.00. The first-order chi connectivity index (χ1) is 6.62. The molecule has 0 heterocycles. The molecule has 1 atom stereocenters. The Morgan fingerprint density at radius 2 is 1.60 bits per heavy atom. The zero-order valence-corrected chi connectivity index (χ0v) is 14.3. The molecular weight excluding hydrogens is 238 g/mol. The molecule has 3 nitrogen and oxygen atoms in total. The fourth-order valence-electron chi connectivity index (χ4n) is 1.35. The van der Waals surface area contributed by atoms with Crippen LogP contribution in [-0.2, 0) is 9.09 Å². The Morgan fingerprint density at radius 3 is 2.13 bits per heavy atom. The third kappa shape index (κ3) is 13.7. The SMILES string of the molecule is CCCCCCCCP(=O)([O-])OCC.[K+]. The maximum Gasteiger partial charge on any atom is 1.00 e. The second kappa shape index (κ2) is 12.2. The Bertz CT molecular complexity index is 176. The van der Waals surface area contributed by atoms with Gasteiger partial charge in [-0.3, -0.25) is 0 Å². The average molecular weight is 260 g/mol. The molecular formula is C10H22KO3P. The van der Waals surface area contributed by atoms with Gasteiger partial charge in [-0.2, -0.15) is 0 Å². The van der Waals surface area contributed by atoms with Crippen LogP contribution in [-0.4, -0.2) is 12.8 Å². The molecule has 0 saturated heterocycles. The Kier molecular flexibility index (Phi) is 15.6. The van der Waals surface area contributed by atoms with E-state index in [-0.39, 0.29) is 64.2 Å². The standard InChI is InChI=1S/C10H23O3P.K/c1-3-5-6-7-8-9-10-14(11,12)13-4-2;/h3-10H2,1-2H3,(H,11,12);/q;+1/p-1. The zero-order valence-electron chi connectivity index (χ0n) is 10.3. The van der Waals surface area contributed by atoms with E-state index in [0.29, 0.717) is 0 Å². The molecule has 0 aromatic carbocycles. The maximum atomic E-state index is 11.1. The van der Waals surface area contributed by atoms with Gasteiger partial charge in [0.2, 0.25) is 0 Å². The van der Waals surface area contributed by atoms with E-state index >= 15 is 0 Å². The molecule has 0 spiro atoms. The van der Waals surface area contributed by atoms with E-state index in [2.05, 4.69) is 11.4 Å². The van der Waals surface area contributed by atoms with Crippen molar-refractivity contribution < 1.29 is 65.4 Å². The molecule has 0 bridgehead atoms. The smallest absolute Gasteiger partial charge is 0.778 e. The molecule has 0 fully saturated rings. The number of unbranched alkanes of at least 4 members (excludes halogenated alkanes) is 5. The summed E-state index contributed by atoms with van der Waals surface area (Å²) in [6, 6.07) is 0. The van der Waals surface area contributed by atoms with Gasteiger partial charge in [0, 0.05) is 6.16 Å². The molecule has 1 unspecified atom stereocenters. The number of hydrogen-bond donors (Lipinski definition) is 0. The summed E-state index contributed by atoms with van der Waals surface area (Å²) < 4.78 is 15.8. The Hall–Kier alpha value is 1.79. The maximum absolute atomic E-state index is 11.1. The first kappa shape index (κ1) is 19.1. The molecule has 0 aliphatic heterocycles. The van der Waals surface area contributed by atoms with Gasteiger partial charge >= 0.3 is 51.4 Å². The van der Waals surface area contributed by atoms with Crippen LogP contribution in [0.25, 0.3) is 0 Å². The quantitative estimate of drug-likeness (QED) is 0.331. The largest absolute Gasteiger partial charge is 1.00 e. The molecule has 0 aromatic rings. The first-order valence-corrected chi connectivity index (χ1v) is 7.29. The van der Waals surface area contributed by atoms with Crippen LogP contribution in [0.4, 0.5) is 0 Å². The topological polar surface area (TPSA) is 49.4 Å². The molecule has 5 heteroatoms. The summed E-state index contributed by atoms with van der Waals surface area (Å²) in [6.45, 7) is 4.13. The van der Waals surface area contributed by atoms with Gasteiger partial charge in [0.1, 0.15) is 7.60 Å². The molecule has 0 aliphatic rings. The monoisotopic (exact) mass is 260 g/mol. The van der Waals surface area contributed by atoms with Crippen molar-refractivity contribution in [1.82, 2.24) is 0 Å². The summed E-state index contributed by atoms with van der Waals surface area (Å²) in [6.07, 6.45) is 6.77. The van der Waals surface area contributed by atoms with Gasteiger partial charge < -0.3 is 14.0 Å². The molecule has 0 N–H and O–H groups in total. The van der Waals surface area contributed by atoms with Crippen molar-refractivity contribution in [3.8, 4) is 0 Å². The normalized spacial score (nSPS) is 14.3. The third-order valence-corrected chi connectivity index (χ3v) is 3.63. The third-order valence-electron chi connectivity index (χ3n) is 2.11. The van der Waals surface area contributed by atoms with Crippen LogP contribution in [0.2, 0.25) is 0 Å². The fourth-order valence-corrected chi connectivity index (χ4v) is 2.48. The molecule has 15 heavy (non-hydrogen) atoms. The van der Waals surface area contributed by atoms with E-state index in [1.54, 1.807) is 6.92 Å². The Labute approximate surface area is 136 Å². The van der Waals surface area contributed by atoms with Crippen LogP contribution in [0.1, 0.15) is 52.4 Å². The Morgan fingerprint density at radius 1 is 1.07 bits per heavy atom. The molecule has 86 valence electrons. The molecule has 0 aromatic heterocycles. The van der Waals surface area contributed by atoms with Crippen LogP contribution in [0.15, 0.2) is 0 Å². The zero-order chi connectivity index (χ0) is 10.9. The van der Waals surface area contributed by atoms with E-state index in [1.165, 1.54) is 19.3 Å². The van der Waals surface area contributed by atoms with Crippen LogP contribution < -0.4 is 56.3 Å². The van der Waals surface area contributed by atoms with Gasteiger partial charge in [0.15, 0.2) is 0 Å². The van der Waals surface area contributed by atoms with Crippen LogP contribution in [0.3, 0.4) is 0 Å². The van der Waals surface area contributed by atoms with Crippen LogP contribution >= 0.6 is 7.60 Å². The van der Waals surface area contributed by atoms with Crippen molar-refractivity contribution >= 4 is 7.60 Å². The minimum Gasteiger partial charge on any atom is -0.778 e. The summed E-state index contributed by atoms with van der Waals surface area (Å²) in [5.74, 6) is 0. The summed E-state index contributed by atoms with van der Waals surface area (Å²) in [5.41, 5.74) is 0. The predicted octanol–water partition coefficient (Wildman–Crippen LogP) is -0.0592. The summed E-state index contributed by atoms with van der Waals surface area (Å²) in [4.78, 5) is 11.1. The number of hydrogen-bond acceptors (Lipinski definition) is 3. The van der Waals surface area contributed by atoms with E-state index in [1.807, 2.05) is 0 Å². The summed E-state index contributed by atoms with van der Waals surface area (Å²) in [5, 5.41) is 0. The second-order valence-electron chi connectivity index (χ2n) is 3.52. The van der Waals surface area contributed by atoms with Crippen molar-refractivity contribution in [3.05, 3.63) is 0 Å². The van der Waals surface area contributed by atoms with Gasteiger partial charge in [-0.25, -0.2) is 0 Å². The van der Waals surface area contributed by atoms with Gasteiger partial charge in [-0.05, 0) is 13.3 Å². The molecule has 0 aliphatic carbocycles. The molecule has 0 amide bonds. The minimum atomic E-state index is -3.50. The minimum absolute atomic E-state index is 0. The van der Waals surface area contributed by atoms with Gasteiger partial charge in [-0.1, -0.05) is 39.0 Å². The van der Waals surface area contributed by atoms with E-state index in [4.69, 9.17) is 0 Å². The van der Waals surface area contributed by atoms with E-state index in [0.717, 1.165) is 19.3 Å².